The fraction of sp³-hybridized carbons (Fsp3) is 0.467. The molecule has 3 rings (SSSR count). The zero-order valence-electron chi connectivity index (χ0n) is 11.1. The summed E-state index contributed by atoms with van der Waals surface area (Å²) < 4.78 is 0. The zero-order chi connectivity index (χ0) is 12.9. The number of hydrogen-bond acceptors (Lipinski definition) is 3. The molecule has 0 fully saturated rings. The second-order valence-electron chi connectivity index (χ2n) is 5.09. The Bertz CT molecular complexity index is 507. The Morgan fingerprint density at radius 1 is 1.32 bits per heavy atom. The summed E-state index contributed by atoms with van der Waals surface area (Å²) in [4.78, 5) is 11.9. The zero-order valence-corrected chi connectivity index (χ0v) is 11.1. The second kappa shape index (κ2) is 5.97. The predicted octanol–water partition coefficient (Wildman–Crippen LogP) is 2.40. The summed E-state index contributed by atoms with van der Waals surface area (Å²) in [6.45, 7) is 1.02. The number of fused-ring (bicyclic) bond motifs is 1. The Morgan fingerprint density at radius 2 is 2.32 bits per heavy atom. The lowest BCUT2D eigenvalue weighted by atomic mass is 9.92. The maximum Gasteiger partial charge on any atom is 0.106 e. The van der Waals surface area contributed by atoms with Gasteiger partial charge in [0.15, 0.2) is 0 Å². The van der Waals surface area contributed by atoms with Crippen LogP contribution in [0.1, 0.15) is 42.4 Å². The van der Waals surface area contributed by atoms with Gasteiger partial charge in [0.05, 0.1) is 5.69 Å². The summed E-state index contributed by atoms with van der Waals surface area (Å²) in [5.74, 6) is 1.07. The van der Waals surface area contributed by atoms with E-state index in [9.17, 15) is 0 Å². The topological polar surface area (TPSA) is 53.6 Å². The van der Waals surface area contributed by atoms with Crippen molar-refractivity contribution in [3.8, 4) is 0 Å². The minimum absolute atomic E-state index is 0.432. The van der Waals surface area contributed by atoms with Crippen molar-refractivity contribution in [1.29, 1.82) is 0 Å². The molecule has 0 amide bonds. The lowest BCUT2D eigenvalue weighted by Crippen LogP contribution is -2.27. The molecular weight excluding hydrogens is 236 g/mol. The molecule has 1 unspecified atom stereocenters. The molecule has 2 N–H and O–H groups in total. The van der Waals surface area contributed by atoms with Crippen molar-refractivity contribution in [2.75, 3.05) is 6.54 Å². The van der Waals surface area contributed by atoms with Crippen molar-refractivity contribution in [1.82, 2.24) is 20.3 Å². The van der Waals surface area contributed by atoms with E-state index in [1.165, 1.54) is 30.5 Å². The summed E-state index contributed by atoms with van der Waals surface area (Å²) in [5.41, 5.74) is 2.67. The van der Waals surface area contributed by atoms with Gasteiger partial charge in [-0.05, 0) is 43.9 Å². The third kappa shape index (κ3) is 3.01. The van der Waals surface area contributed by atoms with Crippen molar-refractivity contribution in [3.05, 3.63) is 47.8 Å². The number of imidazole rings is 1. The van der Waals surface area contributed by atoms with E-state index >= 15 is 0 Å². The quantitative estimate of drug-likeness (QED) is 0.808. The number of pyridine rings is 1. The Labute approximate surface area is 113 Å². The molecule has 1 aliphatic carbocycles. The predicted molar refractivity (Wildman–Crippen MR) is 74.8 cm³/mol. The lowest BCUT2D eigenvalue weighted by Gasteiger charge is -2.25. The minimum atomic E-state index is 0.432. The van der Waals surface area contributed by atoms with Crippen LogP contribution in [0.2, 0.25) is 0 Å². The Kier molecular flexibility index (Phi) is 3.89. The number of nitrogens with zero attached hydrogens (tertiary/aromatic N) is 2. The van der Waals surface area contributed by atoms with E-state index in [1.54, 1.807) is 0 Å². The molecule has 0 saturated carbocycles. The highest BCUT2D eigenvalue weighted by Gasteiger charge is 2.20. The summed E-state index contributed by atoms with van der Waals surface area (Å²) in [5, 5.41) is 3.64. The molecule has 100 valence electrons. The van der Waals surface area contributed by atoms with Gasteiger partial charge in [-0.3, -0.25) is 4.98 Å². The molecule has 0 radical (unpaired) electrons. The molecule has 2 aromatic rings. The summed E-state index contributed by atoms with van der Waals surface area (Å²) in [7, 11) is 0. The van der Waals surface area contributed by atoms with Crippen LogP contribution in [0.25, 0.3) is 0 Å². The highest BCUT2D eigenvalue weighted by atomic mass is 14.9. The van der Waals surface area contributed by atoms with E-state index in [4.69, 9.17) is 0 Å². The van der Waals surface area contributed by atoms with Gasteiger partial charge >= 0.3 is 0 Å². The van der Waals surface area contributed by atoms with Gasteiger partial charge in [0.1, 0.15) is 5.82 Å². The van der Waals surface area contributed by atoms with Gasteiger partial charge in [0.2, 0.25) is 0 Å². The third-order valence-electron chi connectivity index (χ3n) is 3.73. The van der Waals surface area contributed by atoms with Crippen LogP contribution in [0.4, 0.5) is 0 Å². The van der Waals surface area contributed by atoms with Crippen LogP contribution in [-0.4, -0.2) is 21.5 Å². The van der Waals surface area contributed by atoms with Crippen LogP contribution < -0.4 is 5.32 Å². The summed E-state index contributed by atoms with van der Waals surface area (Å²) >= 11 is 0. The van der Waals surface area contributed by atoms with Gasteiger partial charge in [-0.15, -0.1) is 0 Å². The third-order valence-corrected chi connectivity index (χ3v) is 3.73. The molecule has 2 aromatic heterocycles. The fourth-order valence-corrected chi connectivity index (χ4v) is 2.77. The van der Waals surface area contributed by atoms with Crippen LogP contribution in [0.15, 0.2) is 30.7 Å². The first-order valence-electron chi connectivity index (χ1n) is 7.09. The molecule has 0 aliphatic heterocycles. The minimum Gasteiger partial charge on any atom is -0.349 e. The fourth-order valence-electron chi connectivity index (χ4n) is 2.77. The van der Waals surface area contributed by atoms with Crippen LogP contribution in [-0.2, 0) is 12.8 Å². The Balaban J connectivity index is 1.51. The van der Waals surface area contributed by atoms with Gasteiger partial charge < -0.3 is 10.3 Å². The smallest absolute Gasteiger partial charge is 0.106 e. The molecule has 0 aromatic carbocycles. The lowest BCUT2D eigenvalue weighted by molar-refractivity contribution is 0.444. The van der Waals surface area contributed by atoms with Crippen LogP contribution in [0.3, 0.4) is 0 Å². The van der Waals surface area contributed by atoms with Gasteiger partial charge in [0, 0.05) is 31.1 Å². The summed E-state index contributed by atoms with van der Waals surface area (Å²) in [6, 6.07) is 4.68. The molecule has 1 aliphatic rings. The van der Waals surface area contributed by atoms with E-state index in [-0.39, 0.29) is 0 Å². The number of H-pyrrole nitrogens is 1. The average Bonchev–Trinajstić information content (AvgIpc) is 2.97. The van der Waals surface area contributed by atoms with Gasteiger partial charge in [-0.1, -0.05) is 6.07 Å². The number of nitrogens with one attached hydrogen (secondary N) is 2. The van der Waals surface area contributed by atoms with Crippen molar-refractivity contribution in [2.45, 2.75) is 38.1 Å². The van der Waals surface area contributed by atoms with Crippen molar-refractivity contribution in [3.63, 3.8) is 0 Å². The van der Waals surface area contributed by atoms with Crippen LogP contribution in [0.5, 0.6) is 0 Å². The highest BCUT2D eigenvalue weighted by Crippen LogP contribution is 2.27. The van der Waals surface area contributed by atoms with E-state index in [0.717, 1.165) is 25.2 Å². The molecule has 0 bridgehead atoms. The second-order valence-corrected chi connectivity index (χ2v) is 5.09. The molecule has 4 nitrogen and oxygen atoms in total. The maximum absolute atomic E-state index is 4.55. The average molecular weight is 256 g/mol. The number of aromatic nitrogens is 3. The van der Waals surface area contributed by atoms with Crippen LogP contribution >= 0.6 is 0 Å². The van der Waals surface area contributed by atoms with E-state index < -0.39 is 0 Å². The van der Waals surface area contributed by atoms with Crippen LogP contribution in [0, 0.1) is 0 Å². The summed E-state index contributed by atoms with van der Waals surface area (Å²) in [6.07, 6.45) is 11.3. The molecule has 1 atom stereocenters. The van der Waals surface area contributed by atoms with E-state index in [2.05, 4.69) is 26.3 Å². The molecule has 19 heavy (non-hydrogen) atoms. The molecular formula is C15H20N4. The first-order valence-corrected chi connectivity index (χ1v) is 7.09. The molecule has 0 saturated heterocycles. The molecule has 2 heterocycles. The standard InChI is InChI=1S/C15H20N4/c1-4-12-5-2-9-19-15(12)13(6-1)16-8-3-7-14-17-10-11-18-14/h2,5,9-11,13,16H,1,3-4,6-8H2,(H,17,18). The monoisotopic (exact) mass is 256 g/mol. The van der Waals surface area contributed by atoms with E-state index in [1.807, 2.05) is 24.7 Å². The first kappa shape index (κ1) is 12.4. The Morgan fingerprint density at radius 3 is 3.21 bits per heavy atom. The van der Waals surface area contributed by atoms with Gasteiger partial charge in [-0.2, -0.15) is 0 Å². The SMILES string of the molecule is c1cnc2c(c1)CCCC2NCCCc1ncc[nH]1. The largest absolute Gasteiger partial charge is 0.349 e. The maximum atomic E-state index is 4.55. The molecule has 4 heteroatoms. The number of hydrogen-bond donors (Lipinski definition) is 2. The normalized spacial score (nSPS) is 18.2. The molecule has 0 spiro atoms. The van der Waals surface area contributed by atoms with E-state index in [0.29, 0.717) is 6.04 Å². The number of aryl methyl sites for hydroxylation is 2. The Hall–Kier alpha value is -1.68. The van der Waals surface area contributed by atoms with Crippen molar-refractivity contribution in [2.24, 2.45) is 0 Å². The first-order chi connectivity index (χ1) is 9.43. The van der Waals surface area contributed by atoms with Gasteiger partial charge in [0.25, 0.3) is 0 Å². The van der Waals surface area contributed by atoms with Crippen molar-refractivity contribution >= 4 is 0 Å². The van der Waals surface area contributed by atoms with Gasteiger partial charge in [-0.25, -0.2) is 4.98 Å². The number of rotatable bonds is 5. The van der Waals surface area contributed by atoms with Crippen molar-refractivity contribution < 1.29 is 0 Å². The number of aromatic amines is 1. The highest BCUT2D eigenvalue weighted by molar-refractivity contribution is 5.25.